The summed E-state index contributed by atoms with van der Waals surface area (Å²) >= 11 is 0. The van der Waals surface area contributed by atoms with Crippen molar-refractivity contribution in [1.82, 2.24) is 10.3 Å². The van der Waals surface area contributed by atoms with Gasteiger partial charge in [0.1, 0.15) is 5.82 Å². The summed E-state index contributed by atoms with van der Waals surface area (Å²) < 4.78 is 18.2. The van der Waals surface area contributed by atoms with Crippen LogP contribution in [-0.4, -0.2) is 18.1 Å². The molecule has 0 bridgehead atoms. The molecule has 1 aliphatic carbocycles. The highest BCUT2D eigenvalue weighted by molar-refractivity contribution is 5.72. The third kappa shape index (κ3) is 4.71. The average Bonchev–Trinajstić information content (AvgIpc) is 3.08. The quantitative estimate of drug-likeness (QED) is 0.580. The van der Waals surface area contributed by atoms with Crippen LogP contribution in [0.3, 0.4) is 0 Å². The van der Waals surface area contributed by atoms with Gasteiger partial charge < -0.3 is 9.73 Å². The van der Waals surface area contributed by atoms with Gasteiger partial charge in [0.05, 0.1) is 5.52 Å². The van der Waals surface area contributed by atoms with Gasteiger partial charge in [-0.3, -0.25) is 4.98 Å². The van der Waals surface area contributed by atoms with E-state index in [9.17, 15) is 9.18 Å². The Bertz CT molecular complexity index is 953. The summed E-state index contributed by atoms with van der Waals surface area (Å²) in [6, 6.07) is 12.9. The standard InChI is InChI=1S/C23H27FN2O2/c24-20-10-8-19(9-11-20)18-6-3-17(4-7-18)15-25-13-1-2-16-5-12-21-22(14-16)28-23(27)26-21/h5,8-12,14,17-18,25H,1-4,6-7,13,15H2,(H,26,27). The minimum absolute atomic E-state index is 0.154. The van der Waals surface area contributed by atoms with Gasteiger partial charge in [-0.2, -0.15) is 0 Å². The van der Waals surface area contributed by atoms with Gasteiger partial charge >= 0.3 is 5.76 Å². The molecule has 1 saturated carbocycles. The Morgan fingerprint density at radius 3 is 2.64 bits per heavy atom. The van der Waals surface area contributed by atoms with E-state index in [0.717, 1.165) is 37.4 Å². The summed E-state index contributed by atoms with van der Waals surface area (Å²) in [5, 5.41) is 3.60. The summed E-state index contributed by atoms with van der Waals surface area (Å²) in [5.41, 5.74) is 3.86. The summed E-state index contributed by atoms with van der Waals surface area (Å²) in [5.74, 6) is 0.768. The zero-order valence-electron chi connectivity index (χ0n) is 16.0. The predicted octanol–water partition coefficient (Wildman–Crippen LogP) is 4.76. The number of hydrogen-bond donors (Lipinski definition) is 2. The number of aromatic nitrogens is 1. The zero-order valence-corrected chi connectivity index (χ0v) is 16.0. The van der Waals surface area contributed by atoms with Crippen LogP contribution in [0.15, 0.2) is 51.7 Å². The molecule has 0 aliphatic heterocycles. The van der Waals surface area contributed by atoms with E-state index in [-0.39, 0.29) is 5.82 Å². The van der Waals surface area contributed by atoms with Crippen LogP contribution in [0.2, 0.25) is 0 Å². The van der Waals surface area contributed by atoms with Gasteiger partial charge in [0.2, 0.25) is 0 Å². The van der Waals surface area contributed by atoms with E-state index in [4.69, 9.17) is 4.42 Å². The van der Waals surface area contributed by atoms with Crippen molar-refractivity contribution < 1.29 is 8.81 Å². The van der Waals surface area contributed by atoms with Crippen molar-refractivity contribution in [2.75, 3.05) is 13.1 Å². The van der Waals surface area contributed by atoms with Gasteiger partial charge in [-0.05, 0) is 98.8 Å². The number of aryl methyl sites for hydroxylation is 1. The highest BCUT2D eigenvalue weighted by atomic mass is 19.1. The Kier molecular flexibility index (Phi) is 5.91. The largest absolute Gasteiger partial charge is 0.417 e. The monoisotopic (exact) mass is 382 g/mol. The van der Waals surface area contributed by atoms with Crippen LogP contribution in [0.25, 0.3) is 11.1 Å². The van der Waals surface area contributed by atoms with Crippen molar-refractivity contribution in [3.05, 3.63) is 70.0 Å². The Labute approximate surface area is 164 Å². The number of nitrogens with one attached hydrogen (secondary N) is 2. The zero-order chi connectivity index (χ0) is 19.3. The fourth-order valence-electron chi connectivity index (χ4n) is 4.30. The number of H-pyrrole nitrogens is 1. The molecule has 0 atom stereocenters. The molecule has 0 spiro atoms. The van der Waals surface area contributed by atoms with Gasteiger partial charge in [0.25, 0.3) is 0 Å². The Morgan fingerprint density at radius 2 is 1.86 bits per heavy atom. The fraction of sp³-hybridized carbons (Fsp3) is 0.435. The molecule has 0 saturated heterocycles. The minimum atomic E-state index is -0.400. The van der Waals surface area contributed by atoms with Crippen molar-refractivity contribution in [2.45, 2.75) is 44.4 Å². The van der Waals surface area contributed by atoms with E-state index in [0.29, 0.717) is 11.5 Å². The third-order valence-corrected chi connectivity index (χ3v) is 5.93. The molecule has 4 rings (SSSR count). The lowest BCUT2D eigenvalue weighted by Gasteiger charge is -2.29. The summed E-state index contributed by atoms with van der Waals surface area (Å²) in [4.78, 5) is 13.9. The second-order valence-corrected chi connectivity index (χ2v) is 7.92. The topological polar surface area (TPSA) is 58.0 Å². The third-order valence-electron chi connectivity index (χ3n) is 5.93. The molecule has 2 N–H and O–H groups in total. The molecule has 2 aromatic carbocycles. The van der Waals surface area contributed by atoms with Crippen molar-refractivity contribution in [2.24, 2.45) is 5.92 Å². The summed E-state index contributed by atoms with van der Waals surface area (Å²) in [6.45, 7) is 2.06. The highest BCUT2D eigenvalue weighted by Crippen LogP contribution is 2.35. The fourth-order valence-corrected chi connectivity index (χ4v) is 4.30. The highest BCUT2D eigenvalue weighted by Gasteiger charge is 2.22. The van der Waals surface area contributed by atoms with Crippen molar-refractivity contribution in [1.29, 1.82) is 0 Å². The van der Waals surface area contributed by atoms with Crippen molar-refractivity contribution >= 4 is 11.1 Å². The molecule has 5 heteroatoms. The van der Waals surface area contributed by atoms with Gasteiger partial charge in [-0.25, -0.2) is 9.18 Å². The molecule has 4 nitrogen and oxygen atoms in total. The SMILES string of the molecule is O=c1[nH]c2ccc(CCCNCC3CCC(c4ccc(F)cc4)CC3)cc2o1. The lowest BCUT2D eigenvalue weighted by atomic mass is 9.78. The molecule has 148 valence electrons. The van der Waals surface area contributed by atoms with Crippen LogP contribution in [0.5, 0.6) is 0 Å². The number of oxazole rings is 1. The lowest BCUT2D eigenvalue weighted by Crippen LogP contribution is -2.27. The molecule has 1 aliphatic rings. The Balaban J connectivity index is 1.15. The molecular formula is C23H27FN2O2. The lowest BCUT2D eigenvalue weighted by molar-refractivity contribution is 0.314. The van der Waals surface area contributed by atoms with Crippen LogP contribution in [0.4, 0.5) is 4.39 Å². The molecule has 0 radical (unpaired) electrons. The first-order valence-electron chi connectivity index (χ1n) is 10.3. The number of aromatic amines is 1. The first-order chi connectivity index (χ1) is 13.7. The average molecular weight is 382 g/mol. The van der Waals surface area contributed by atoms with E-state index in [1.807, 2.05) is 30.3 Å². The smallest absolute Gasteiger partial charge is 0.408 e. The van der Waals surface area contributed by atoms with Crippen LogP contribution in [0.1, 0.15) is 49.1 Å². The summed E-state index contributed by atoms with van der Waals surface area (Å²) in [6.07, 6.45) is 6.89. The Hall–Kier alpha value is -2.40. The van der Waals surface area contributed by atoms with E-state index in [1.54, 1.807) is 12.1 Å². The number of halogens is 1. The van der Waals surface area contributed by atoms with Gasteiger partial charge in [-0.15, -0.1) is 0 Å². The van der Waals surface area contributed by atoms with Gasteiger partial charge in [0, 0.05) is 0 Å². The first-order valence-corrected chi connectivity index (χ1v) is 10.3. The number of rotatable bonds is 7. The molecule has 1 heterocycles. The number of benzene rings is 2. The first kappa shape index (κ1) is 18.9. The van der Waals surface area contributed by atoms with E-state index < -0.39 is 5.76 Å². The Morgan fingerprint density at radius 1 is 1.07 bits per heavy atom. The van der Waals surface area contributed by atoms with E-state index in [2.05, 4.69) is 10.3 Å². The van der Waals surface area contributed by atoms with Crippen molar-refractivity contribution in [3.63, 3.8) is 0 Å². The van der Waals surface area contributed by atoms with Crippen LogP contribution in [0, 0.1) is 11.7 Å². The van der Waals surface area contributed by atoms with Crippen LogP contribution >= 0.6 is 0 Å². The number of hydrogen-bond acceptors (Lipinski definition) is 3. The van der Waals surface area contributed by atoms with Crippen LogP contribution in [-0.2, 0) is 6.42 Å². The van der Waals surface area contributed by atoms with Gasteiger partial charge in [0.15, 0.2) is 5.58 Å². The maximum Gasteiger partial charge on any atom is 0.417 e. The molecule has 1 fully saturated rings. The summed E-state index contributed by atoms with van der Waals surface area (Å²) in [7, 11) is 0. The van der Waals surface area contributed by atoms with E-state index in [1.165, 1.54) is 36.8 Å². The molecular weight excluding hydrogens is 355 g/mol. The maximum atomic E-state index is 13.1. The second kappa shape index (κ2) is 8.74. The van der Waals surface area contributed by atoms with Gasteiger partial charge in [-0.1, -0.05) is 18.2 Å². The second-order valence-electron chi connectivity index (χ2n) is 7.92. The molecule has 0 unspecified atom stereocenters. The van der Waals surface area contributed by atoms with Crippen LogP contribution < -0.4 is 11.1 Å². The normalized spacial score (nSPS) is 19.9. The van der Waals surface area contributed by atoms with E-state index >= 15 is 0 Å². The predicted molar refractivity (Wildman–Crippen MR) is 109 cm³/mol. The number of fused-ring (bicyclic) bond motifs is 1. The molecule has 28 heavy (non-hydrogen) atoms. The molecule has 3 aromatic rings. The molecule has 0 amide bonds. The maximum absolute atomic E-state index is 13.1. The van der Waals surface area contributed by atoms with Crippen molar-refractivity contribution in [3.8, 4) is 0 Å². The minimum Gasteiger partial charge on any atom is -0.408 e. The molecule has 1 aromatic heterocycles.